The van der Waals surface area contributed by atoms with Crippen molar-refractivity contribution in [3.8, 4) is 11.3 Å². The van der Waals surface area contributed by atoms with Crippen molar-refractivity contribution in [2.45, 2.75) is 26.8 Å². The Morgan fingerprint density at radius 2 is 1.48 bits per heavy atom. The summed E-state index contributed by atoms with van der Waals surface area (Å²) < 4.78 is 6.69. The second-order valence-electron chi connectivity index (χ2n) is 8.54. The van der Waals surface area contributed by atoms with Crippen LogP contribution in [-0.4, -0.2) is 64.9 Å². The van der Waals surface area contributed by atoms with Crippen LogP contribution in [0.3, 0.4) is 0 Å². The van der Waals surface area contributed by atoms with E-state index in [2.05, 4.69) is 31.2 Å². The van der Waals surface area contributed by atoms with Crippen molar-refractivity contribution < 1.29 is 14.3 Å². The van der Waals surface area contributed by atoms with Crippen LogP contribution in [0.1, 0.15) is 33.5 Å². The molecule has 1 saturated heterocycles. The number of nitrogens with zero attached hydrogens (tertiary/aromatic N) is 4. The number of ether oxygens (including phenoxy) is 1. The maximum Gasteiger partial charge on any atom is 0.409 e. The normalized spacial score (nSPS) is 14.2. The second-order valence-corrected chi connectivity index (χ2v) is 8.54. The van der Waals surface area contributed by atoms with Gasteiger partial charge in [0.2, 0.25) is 0 Å². The average Bonchev–Trinajstić information content (AvgIpc) is 3.08. The standard InChI is InChI=1S/C26H30N4O3/c1-19-5-9-21(10-6-19)17-30-18-23(24(27-30)22-11-7-20(2)8-12-22)25(31)28-13-4-14-29(16-15-28)26(32)33-3/h5-12,18H,4,13-17H2,1-3H3. The fraction of sp³-hybridized carbons (Fsp3) is 0.346. The summed E-state index contributed by atoms with van der Waals surface area (Å²) in [6.45, 7) is 6.77. The molecule has 1 fully saturated rings. The van der Waals surface area contributed by atoms with Crippen LogP contribution < -0.4 is 0 Å². The monoisotopic (exact) mass is 446 g/mol. The van der Waals surface area contributed by atoms with Gasteiger partial charge in [-0.15, -0.1) is 0 Å². The summed E-state index contributed by atoms with van der Waals surface area (Å²) in [5.41, 5.74) is 5.66. The summed E-state index contributed by atoms with van der Waals surface area (Å²) in [5.74, 6) is -0.0625. The molecule has 1 aliphatic rings. The first-order chi connectivity index (χ1) is 15.9. The fourth-order valence-electron chi connectivity index (χ4n) is 4.07. The SMILES string of the molecule is COC(=O)N1CCCN(C(=O)c2cn(Cc3ccc(C)cc3)nc2-c2ccc(C)cc2)CC1. The maximum absolute atomic E-state index is 13.6. The highest BCUT2D eigenvalue weighted by Crippen LogP contribution is 2.25. The fourth-order valence-corrected chi connectivity index (χ4v) is 4.07. The van der Waals surface area contributed by atoms with Crippen LogP contribution in [0.4, 0.5) is 4.79 Å². The number of amides is 2. The third-order valence-electron chi connectivity index (χ3n) is 6.00. The quantitative estimate of drug-likeness (QED) is 0.604. The summed E-state index contributed by atoms with van der Waals surface area (Å²) in [7, 11) is 1.38. The first kappa shape index (κ1) is 22.6. The molecule has 2 heterocycles. The number of carbonyl (C=O) groups is 2. The summed E-state index contributed by atoms with van der Waals surface area (Å²) in [4.78, 5) is 29.0. The molecule has 0 N–H and O–H groups in total. The van der Waals surface area contributed by atoms with Crippen LogP contribution in [0, 0.1) is 13.8 Å². The molecule has 7 heteroatoms. The number of rotatable bonds is 4. The van der Waals surface area contributed by atoms with Crippen LogP contribution in [0.2, 0.25) is 0 Å². The molecule has 0 spiro atoms. The molecule has 0 aliphatic carbocycles. The molecule has 1 aromatic heterocycles. The highest BCUT2D eigenvalue weighted by Gasteiger charge is 2.26. The number of benzene rings is 2. The van der Waals surface area contributed by atoms with Crippen molar-refractivity contribution in [1.29, 1.82) is 0 Å². The van der Waals surface area contributed by atoms with E-state index < -0.39 is 0 Å². The Balaban J connectivity index is 1.63. The Kier molecular flexibility index (Phi) is 6.77. The molecule has 1 aliphatic heterocycles. The van der Waals surface area contributed by atoms with E-state index in [-0.39, 0.29) is 12.0 Å². The highest BCUT2D eigenvalue weighted by atomic mass is 16.5. The summed E-state index contributed by atoms with van der Waals surface area (Å²) in [5, 5.41) is 4.81. The van der Waals surface area contributed by atoms with Gasteiger partial charge < -0.3 is 14.5 Å². The Morgan fingerprint density at radius 3 is 2.15 bits per heavy atom. The van der Waals surface area contributed by atoms with Gasteiger partial charge in [-0.1, -0.05) is 59.7 Å². The molecule has 2 aromatic carbocycles. The zero-order valence-electron chi connectivity index (χ0n) is 19.5. The van der Waals surface area contributed by atoms with Gasteiger partial charge in [-0.2, -0.15) is 5.10 Å². The molecule has 0 radical (unpaired) electrons. The summed E-state index contributed by atoms with van der Waals surface area (Å²) >= 11 is 0. The topological polar surface area (TPSA) is 67.7 Å². The van der Waals surface area contributed by atoms with E-state index in [0.717, 1.165) is 16.7 Å². The third kappa shape index (κ3) is 5.25. The van der Waals surface area contributed by atoms with Gasteiger partial charge in [0.25, 0.3) is 5.91 Å². The van der Waals surface area contributed by atoms with E-state index in [0.29, 0.717) is 50.4 Å². The van der Waals surface area contributed by atoms with Gasteiger partial charge in [0.15, 0.2) is 0 Å². The first-order valence-electron chi connectivity index (χ1n) is 11.3. The molecule has 2 amide bonds. The summed E-state index contributed by atoms with van der Waals surface area (Å²) in [6.07, 6.45) is 2.20. The Morgan fingerprint density at radius 1 is 0.879 bits per heavy atom. The Bertz CT molecular complexity index is 1120. The molecule has 33 heavy (non-hydrogen) atoms. The van der Waals surface area contributed by atoms with Crippen LogP contribution in [0.25, 0.3) is 11.3 Å². The van der Waals surface area contributed by atoms with E-state index in [1.54, 1.807) is 4.90 Å². The van der Waals surface area contributed by atoms with Gasteiger partial charge in [0.1, 0.15) is 5.69 Å². The maximum atomic E-state index is 13.6. The van der Waals surface area contributed by atoms with Gasteiger partial charge in [-0.3, -0.25) is 9.48 Å². The van der Waals surface area contributed by atoms with Crippen molar-refractivity contribution in [1.82, 2.24) is 19.6 Å². The zero-order valence-corrected chi connectivity index (χ0v) is 19.5. The minimum Gasteiger partial charge on any atom is -0.453 e. The predicted molar refractivity (Wildman–Crippen MR) is 127 cm³/mol. The molecule has 172 valence electrons. The van der Waals surface area contributed by atoms with E-state index in [4.69, 9.17) is 9.84 Å². The van der Waals surface area contributed by atoms with Crippen molar-refractivity contribution in [2.24, 2.45) is 0 Å². The molecule has 0 atom stereocenters. The Labute approximate surface area is 194 Å². The van der Waals surface area contributed by atoms with Gasteiger partial charge in [0, 0.05) is 37.9 Å². The Hall–Kier alpha value is -3.61. The largest absolute Gasteiger partial charge is 0.453 e. The lowest BCUT2D eigenvalue weighted by molar-refractivity contribution is 0.0758. The number of aromatic nitrogens is 2. The third-order valence-corrected chi connectivity index (χ3v) is 6.00. The van der Waals surface area contributed by atoms with E-state index in [9.17, 15) is 9.59 Å². The first-order valence-corrected chi connectivity index (χ1v) is 11.3. The van der Waals surface area contributed by atoms with Crippen molar-refractivity contribution in [3.63, 3.8) is 0 Å². The lowest BCUT2D eigenvalue weighted by Crippen LogP contribution is -2.37. The van der Waals surface area contributed by atoms with Gasteiger partial charge >= 0.3 is 6.09 Å². The molecule has 4 rings (SSSR count). The van der Waals surface area contributed by atoms with Crippen LogP contribution in [0.15, 0.2) is 54.7 Å². The predicted octanol–water partition coefficient (Wildman–Crippen LogP) is 4.13. The van der Waals surface area contributed by atoms with Crippen LogP contribution in [0.5, 0.6) is 0 Å². The number of carbonyl (C=O) groups excluding carboxylic acids is 2. The molecule has 7 nitrogen and oxygen atoms in total. The van der Waals surface area contributed by atoms with E-state index in [1.165, 1.54) is 12.7 Å². The van der Waals surface area contributed by atoms with Crippen LogP contribution in [-0.2, 0) is 11.3 Å². The minimum absolute atomic E-state index is 0.0625. The number of hydrogen-bond acceptors (Lipinski definition) is 4. The minimum atomic E-state index is -0.351. The van der Waals surface area contributed by atoms with Crippen molar-refractivity contribution >= 4 is 12.0 Å². The van der Waals surface area contributed by atoms with Crippen molar-refractivity contribution in [2.75, 3.05) is 33.3 Å². The van der Waals surface area contributed by atoms with E-state index >= 15 is 0 Å². The molecular weight excluding hydrogens is 416 g/mol. The molecule has 3 aromatic rings. The number of hydrogen-bond donors (Lipinski definition) is 0. The van der Waals surface area contributed by atoms with Crippen molar-refractivity contribution in [3.05, 3.63) is 77.0 Å². The molecule has 0 bridgehead atoms. The summed E-state index contributed by atoms with van der Waals surface area (Å²) in [6, 6.07) is 16.4. The lowest BCUT2D eigenvalue weighted by Gasteiger charge is -2.21. The molecular formula is C26H30N4O3. The lowest BCUT2D eigenvalue weighted by atomic mass is 10.1. The molecule has 0 unspecified atom stereocenters. The number of aryl methyl sites for hydroxylation is 2. The van der Waals surface area contributed by atoms with Gasteiger partial charge in [0.05, 0.1) is 19.2 Å². The number of methoxy groups -OCH3 is 1. The smallest absolute Gasteiger partial charge is 0.409 e. The van der Waals surface area contributed by atoms with Gasteiger partial charge in [-0.05, 0) is 25.8 Å². The molecule has 0 saturated carbocycles. The van der Waals surface area contributed by atoms with Gasteiger partial charge in [-0.25, -0.2) is 4.79 Å². The second kappa shape index (κ2) is 9.90. The van der Waals surface area contributed by atoms with Crippen LogP contribution >= 0.6 is 0 Å². The zero-order chi connectivity index (χ0) is 23.4. The van der Waals surface area contributed by atoms with E-state index in [1.807, 2.05) is 47.0 Å². The average molecular weight is 447 g/mol. The highest BCUT2D eigenvalue weighted by molar-refractivity contribution is 5.99.